The predicted molar refractivity (Wildman–Crippen MR) is 92.5 cm³/mol. The highest BCUT2D eigenvalue weighted by atomic mass is 32.1. The maximum Gasteiger partial charge on any atom is 0.350 e. The van der Waals surface area contributed by atoms with E-state index < -0.39 is 5.97 Å². The molecule has 0 fully saturated rings. The summed E-state index contributed by atoms with van der Waals surface area (Å²) >= 11 is 1.10. The van der Waals surface area contributed by atoms with E-state index in [2.05, 4.69) is 10.3 Å². The van der Waals surface area contributed by atoms with E-state index in [0.717, 1.165) is 11.3 Å². The third-order valence-corrected chi connectivity index (χ3v) is 3.94. The van der Waals surface area contributed by atoms with Gasteiger partial charge in [-0.2, -0.15) is 0 Å². The van der Waals surface area contributed by atoms with E-state index in [0.29, 0.717) is 28.1 Å². The number of nitrogens with zero attached hydrogens (tertiary/aromatic N) is 1. The van der Waals surface area contributed by atoms with Crippen molar-refractivity contribution in [3.63, 3.8) is 0 Å². The Morgan fingerprint density at radius 1 is 1.25 bits per heavy atom. The van der Waals surface area contributed by atoms with Gasteiger partial charge in [0.05, 0.1) is 12.3 Å². The predicted octanol–water partition coefficient (Wildman–Crippen LogP) is 3.28. The third-order valence-electron chi connectivity index (χ3n) is 2.89. The van der Waals surface area contributed by atoms with Crippen molar-refractivity contribution in [1.29, 1.82) is 0 Å². The molecule has 1 amide bonds. The second-order valence-electron chi connectivity index (χ2n) is 5.58. The lowest BCUT2D eigenvalue weighted by molar-refractivity contribution is -0.118. The number of nitrogens with one attached hydrogen (secondary N) is 1. The van der Waals surface area contributed by atoms with Gasteiger partial charge < -0.3 is 9.47 Å². The number of hydrogen-bond donors (Lipinski definition) is 1. The lowest BCUT2D eigenvalue weighted by Gasteiger charge is -2.05. The number of thiazole rings is 1. The summed E-state index contributed by atoms with van der Waals surface area (Å²) in [6.45, 7) is 5.85. The van der Waals surface area contributed by atoms with Crippen LogP contribution in [-0.4, -0.2) is 30.1 Å². The first kappa shape index (κ1) is 17.9. The van der Waals surface area contributed by atoms with E-state index in [1.165, 1.54) is 0 Å². The fourth-order valence-corrected chi connectivity index (χ4v) is 2.64. The number of esters is 1. The van der Waals surface area contributed by atoms with Gasteiger partial charge in [-0.15, -0.1) is 0 Å². The molecule has 2 aromatic rings. The molecule has 0 atom stereocenters. The zero-order chi connectivity index (χ0) is 17.5. The molecule has 128 valence electrons. The van der Waals surface area contributed by atoms with Gasteiger partial charge in [0, 0.05) is 0 Å². The Labute approximate surface area is 144 Å². The highest BCUT2D eigenvalue weighted by Gasteiger charge is 2.18. The van der Waals surface area contributed by atoms with Gasteiger partial charge in [-0.05, 0) is 25.0 Å². The topological polar surface area (TPSA) is 77.5 Å². The maximum atomic E-state index is 12.0. The van der Waals surface area contributed by atoms with Crippen LogP contribution in [0.5, 0.6) is 5.75 Å². The summed E-state index contributed by atoms with van der Waals surface area (Å²) in [6.07, 6.45) is 0. The molecular formula is C17H20N2O4S. The molecule has 0 spiro atoms. The average Bonchev–Trinajstić information content (AvgIpc) is 2.92. The van der Waals surface area contributed by atoms with Crippen LogP contribution < -0.4 is 10.1 Å². The number of aromatic nitrogens is 1. The van der Waals surface area contributed by atoms with E-state index in [1.807, 2.05) is 32.0 Å². The van der Waals surface area contributed by atoms with Crippen molar-refractivity contribution < 1.29 is 19.1 Å². The first-order chi connectivity index (χ1) is 11.5. The Bertz CT molecular complexity index is 698. The summed E-state index contributed by atoms with van der Waals surface area (Å²) in [5.74, 6) is 0.117. The smallest absolute Gasteiger partial charge is 0.350 e. The van der Waals surface area contributed by atoms with Gasteiger partial charge in [-0.25, -0.2) is 9.78 Å². The lowest BCUT2D eigenvalue weighted by Crippen LogP contribution is -2.20. The van der Waals surface area contributed by atoms with Crippen LogP contribution in [-0.2, 0) is 9.53 Å². The molecule has 0 saturated carbocycles. The van der Waals surface area contributed by atoms with Gasteiger partial charge >= 0.3 is 5.97 Å². The fourth-order valence-electron chi connectivity index (χ4n) is 1.77. The SMILES string of the molecule is Cc1nc(NC(=O)COc2ccccc2)sc1C(=O)OCC(C)C. The van der Waals surface area contributed by atoms with E-state index in [1.54, 1.807) is 19.1 Å². The van der Waals surface area contributed by atoms with Gasteiger partial charge in [0.25, 0.3) is 5.91 Å². The number of carbonyl (C=O) groups is 2. The van der Waals surface area contributed by atoms with Crippen LogP contribution in [0, 0.1) is 12.8 Å². The van der Waals surface area contributed by atoms with Crippen molar-refractivity contribution in [1.82, 2.24) is 4.98 Å². The number of aryl methyl sites for hydroxylation is 1. The van der Waals surface area contributed by atoms with Crippen LogP contribution in [0.25, 0.3) is 0 Å². The first-order valence-electron chi connectivity index (χ1n) is 7.58. The highest BCUT2D eigenvalue weighted by Crippen LogP contribution is 2.23. The molecule has 0 radical (unpaired) electrons. The van der Waals surface area contributed by atoms with Gasteiger partial charge in [-0.3, -0.25) is 10.1 Å². The van der Waals surface area contributed by atoms with Crippen LogP contribution in [0.4, 0.5) is 5.13 Å². The first-order valence-corrected chi connectivity index (χ1v) is 8.39. The number of carbonyl (C=O) groups excluding carboxylic acids is 2. The summed E-state index contributed by atoms with van der Waals surface area (Å²) in [4.78, 5) is 28.5. The van der Waals surface area contributed by atoms with E-state index in [-0.39, 0.29) is 18.4 Å². The number of rotatable bonds is 7. The Morgan fingerprint density at radius 2 is 1.96 bits per heavy atom. The van der Waals surface area contributed by atoms with Crippen molar-refractivity contribution in [2.75, 3.05) is 18.5 Å². The molecular weight excluding hydrogens is 328 g/mol. The molecule has 6 nitrogen and oxygen atoms in total. The largest absolute Gasteiger partial charge is 0.484 e. The maximum absolute atomic E-state index is 12.0. The minimum atomic E-state index is -0.417. The summed E-state index contributed by atoms with van der Waals surface area (Å²) in [7, 11) is 0. The van der Waals surface area contributed by atoms with Gasteiger partial charge in [0.15, 0.2) is 11.7 Å². The minimum absolute atomic E-state index is 0.129. The van der Waals surface area contributed by atoms with E-state index in [4.69, 9.17) is 9.47 Å². The molecule has 7 heteroatoms. The van der Waals surface area contributed by atoms with Crippen molar-refractivity contribution in [2.24, 2.45) is 5.92 Å². The van der Waals surface area contributed by atoms with Crippen molar-refractivity contribution in [3.05, 3.63) is 40.9 Å². The molecule has 0 aliphatic rings. The summed E-state index contributed by atoms with van der Waals surface area (Å²) < 4.78 is 10.6. The van der Waals surface area contributed by atoms with Crippen molar-refractivity contribution in [2.45, 2.75) is 20.8 Å². The van der Waals surface area contributed by atoms with Crippen LogP contribution in [0.2, 0.25) is 0 Å². The molecule has 24 heavy (non-hydrogen) atoms. The minimum Gasteiger partial charge on any atom is -0.484 e. The second-order valence-corrected chi connectivity index (χ2v) is 6.57. The Hall–Kier alpha value is -2.41. The molecule has 0 bridgehead atoms. The van der Waals surface area contributed by atoms with E-state index >= 15 is 0 Å². The zero-order valence-electron chi connectivity index (χ0n) is 13.9. The summed E-state index contributed by atoms with van der Waals surface area (Å²) in [6, 6.07) is 9.05. The van der Waals surface area contributed by atoms with E-state index in [9.17, 15) is 9.59 Å². The third kappa shape index (κ3) is 5.34. The van der Waals surface area contributed by atoms with Gasteiger partial charge in [0.2, 0.25) is 0 Å². The Kier molecular flexibility index (Phi) is 6.31. The summed E-state index contributed by atoms with van der Waals surface area (Å²) in [5.41, 5.74) is 0.535. The molecule has 1 aromatic heterocycles. The normalized spacial score (nSPS) is 10.5. The van der Waals surface area contributed by atoms with Crippen LogP contribution in [0.3, 0.4) is 0 Å². The molecule has 0 aliphatic heterocycles. The van der Waals surface area contributed by atoms with Crippen molar-refractivity contribution in [3.8, 4) is 5.75 Å². The molecule has 0 aliphatic carbocycles. The number of hydrogen-bond acceptors (Lipinski definition) is 6. The number of amides is 1. The highest BCUT2D eigenvalue weighted by molar-refractivity contribution is 7.17. The lowest BCUT2D eigenvalue weighted by atomic mass is 10.2. The molecule has 0 unspecified atom stereocenters. The van der Waals surface area contributed by atoms with Crippen LogP contribution in [0.1, 0.15) is 29.2 Å². The van der Waals surface area contributed by atoms with Crippen LogP contribution in [0.15, 0.2) is 30.3 Å². The Morgan fingerprint density at radius 3 is 2.62 bits per heavy atom. The van der Waals surface area contributed by atoms with Gasteiger partial charge in [0.1, 0.15) is 10.6 Å². The number of para-hydroxylation sites is 1. The number of anilines is 1. The fraction of sp³-hybridized carbons (Fsp3) is 0.353. The molecule has 2 rings (SSSR count). The molecule has 1 aromatic carbocycles. The molecule has 1 N–H and O–H groups in total. The second kappa shape index (κ2) is 8.44. The molecule has 1 heterocycles. The Balaban J connectivity index is 1.89. The van der Waals surface area contributed by atoms with Gasteiger partial charge in [-0.1, -0.05) is 43.4 Å². The molecule has 0 saturated heterocycles. The quantitative estimate of drug-likeness (QED) is 0.777. The standard InChI is InChI=1S/C17H20N2O4S/c1-11(2)9-23-16(21)15-12(3)18-17(24-15)19-14(20)10-22-13-7-5-4-6-8-13/h4-8,11H,9-10H2,1-3H3,(H,18,19,20). The number of ether oxygens (including phenoxy) is 2. The monoisotopic (exact) mass is 348 g/mol. The van der Waals surface area contributed by atoms with Crippen LogP contribution >= 0.6 is 11.3 Å². The zero-order valence-corrected chi connectivity index (χ0v) is 14.7. The average molecular weight is 348 g/mol. The summed E-state index contributed by atoms with van der Waals surface area (Å²) in [5, 5.41) is 2.98. The van der Waals surface area contributed by atoms with Crippen molar-refractivity contribution >= 4 is 28.3 Å². The number of benzene rings is 1.